The second kappa shape index (κ2) is 5.60. The molecule has 114 valence electrons. The molecule has 3 heterocycles. The van der Waals surface area contributed by atoms with E-state index in [1.165, 1.54) is 0 Å². The standard InChI is InChI=1S/C15H21N3O3/c1-11(2)14(19)18-9-15(10-18)7-12(3-6-20-15)21-13-8-16-4-5-17-13/h4-5,8,11-12H,3,6-7,9-10H2,1-2H3/t12-/m1/s1. The van der Waals surface area contributed by atoms with E-state index in [0.29, 0.717) is 25.6 Å². The highest BCUT2D eigenvalue weighted by Crippen LogP contribution is 2.36. The number of nitrogens with zero attached hydrogens (tertiary/aromatic N) is 3. The molecule has 1 spiro atoms. The van der Waals surface area contributed by atoms with Crippen molar-refractivity contribution in [2.45, 2.75) is 38.4 Å². The molecule has 1 aromatic rings. The summed E-state index contributed by atoms with van der Waals surface area (Å²) in [6, 6.07) is 0. The SMILES string of the molecule is CC(C)C(=O)N1CC2(C[C@H](Oc3cnccn3)CCO2)C1. The van der Waals surface area contributed by atoms with E-state index in [2.05, 4.69) is 9.97 Å². The van der Waals surface area contributed by atoms with Crippen molar-refractivity contribution < 1.29 is 14.3 Å². The van der Waals surface area contributed by atoms with Crippen LogP contribution in [0.2, 0.25) is 0 Å². The summed E-state index contributed by atoms with van der Waals surface area (Å²) in [6.07, 6.45) is 6.59. The molecule has 6 heteroatoms. The highest BCUT2D eigenvalue weighted by molar-refractivity contribution is 5.79. The van der Waals surface area contributed by atoms with E-state index in [-0.39, 0.29) is 23.5 Å². The van der Waals surface area contributed by atoms with Crippen LogP contribution in [0.15, 0.2) is 18.6 Å². The molecular formula is C15H21N3O3. The Morgan fingerprint density at radius 3 is 2.95 bits per heavy atom. The van der Waals surface area contributed by atoms with Gasteiger partial charge in [-0.25, -0.2) is 4.98 Å². The molecule has 6 nitrogen and oxygen atoms in total. The number of likely N-dealkylation sites (tertiary alicyclic amines) is 1. The van der Waals surface area contributed by atoms with E-state index in [1.807, 2.05) is 18.7 Å². The molecule has 2 aliphatic rings. The molecular weight excluding hydrogens is 270 g/mol. The van der Waals surface area contributed by atoms with Crippen LogP contribution in [0.25, 0.3) is 0 Å². The van der Waals surface area contributed by atoms with Crippen molar-refractivity contribution in [3.05, 3.63) is 18.6 Å². The zero-order valence-corrected chi connectivity index (χ0v) is 12.5. The van der Waals surface area contributed by atoms with Crippen LogP contribution in [-0.2, 0) is 9.53 Å². The van der Waals surface area contributed by atoms with Crippen molar-refractivity contribution in [1.82, 2.24) is 14.9 Å². The van der Waals surface area contributed by atoms with Crippen molar-refractivity contribution >= 4 is 5.91 Å². The van der Waals surface area contributed by atoms with E-state index in [9.17, 15) is 4.79 Å². The average Bonchev–Trinajstić information content (AvgIpc) is 2.45. The molecule has 0 aliphatic carbocycles. The minimum absolute atomic E-state index is 0.0394. The van der Waals surface area contributed by atoms with Gasteiger partial charge in [-0.2, -0.15) is 0 Å². The summed E-state index contributed by atoms with van der Waals surface area (Å²) in [5.41, 5.74) is -0.227. The fraction of sp³-hybridized carbons (Fsp3) is 0.667. The van der Waals surface area contributed by atoms with Gasteiger partial charge in [0.05, 0.1) is 25.9 Å². The smallest absolute Gasteiger partial charge is 0.232 e. The van der Waals surface area contributed by atoms with Crippen molar-refractivity contribution in [3.63, 3.8) is 0 Å². The van der Waals surface area contributed by atoms with Gasteiger partial charge in [0.25, 0.3) is 0 Å². The molecule has 0 saturated carbocycles. The molecule has 1 amide bonds. The summed E-state index contributed by atoms with van der Waals surface area (Å²) in [7, 11) is 0. The second-order valence-corrected chi connectivity index (χ2v) is 6.16. The summed E-state index contributed by atoms with van der Waals surface area (Å²) < 4.78 is 11.8. The summed E-state index contributed by atoms with van der Waals surface area (Å²) in [4.78, 5) is 22.0. The highest BCUT2D eigenvalue weighted by atomic mass is 16.5. The van der Waals surface area contributed by atoms with Crippen molar-refractivity contribution in [2.24, 2.45) is 5.92 Å². The molecule has 0 bridgehead atoms. The fourth-order valence-corrected chi connectivity index (χ4v) is 2.99. The Morgan fingerprint density at radius 2 is 2.29 bits per heavy atom. The van der Waals surface area contributed by atoms with E-state index in [4.69, 9.17) is 9.47 Å². The lowest BCUT2D eigenvalue weighted by molar-refractivity contribution is -0.195. The molecule has 0 unspecified atom stereocenters. The molecule has 0 aromatic carbocycles. The Labute approximate surface area is 124 Å². The van der Waals surface area contributed by atoms with Crippen LogP contribution < -0.4 is 4.74 Å². The Morgan fingerprint density at radius 1 is 1.48 bits per heavy atom. The number of amides is 1. The number of carbonyl (C=O) groups is 1. The van der Waals surface area contributed by atoms with Gasteiger partial charge in [0, 0.05) is 31.2 Å². The van der Waals surface area contributed by atoms with Gasteiger partial charge in [-0.3, -0.25) is 9.78 Å². The van der Waals surface area contributed by atoms with E-state index in [0.717, 1.165) is 12.8 Å². The van der Waals surface area contributed by atoms with Gasteiger partial charge in [0.1, 0.15) is 11.7 Å². The summed E-state index contributed by atoms with van der Waals surface area (Å²) in [5.74, 6) is 0.785. The van der Waals surface area contributed by atoms with Gasteiger partial charge in [0.2, 0.25) is 11.8 Å². The molecule has 0 radical (unpaired) electrons. The number of hydrogen-bond acceptors (Lipinski definition) is 5. The minimum Gasteiger partial charge on any atom is -0.473 e. The van der Waals surface area contributed by atoms with Gasteiger partial charge in [0.15, 0.2) is 0 Å². The Kier molecular flexibility index (Phi) is 3.80. The topological polar surface area (TPSA) is 64.6 Å². The van der Waals surface area contributed by atoms with Crippen molar-refractivity contribution in [1.29, 1.82) is 0 Å². The number of aromatic nitrogens is 2. The predicted octanol–water partition coefficient (Wildman–Crippen LogP) is 1.27. The van der Waals surface area contributed by atoms with E-state index >= 15 is 0 Å². The van der Waals surface area contributed by atoms with Crippen LogP contribution in [0.1, 0.15) is 26.7 Å². The lowest BCUT2D eigenvalue weighted by atomic mass is 9.84. The normalized spacial score (nSPS) is 24.0. The third-order valence-corrected chi connectivity index (χ3v) is 4.04. The summed E-state index contributed by atoms with van der Waals surface area (Å²) in [6.45, 7) is 5.85. The molecule has 1 atom stereocenters. The van der Waals surface area contributed by atoms with Crippen LogP contribution >= 0.6 is 0 Å². The quantitative estimate of drug-likeness (QED) is 0.839. The third-order valence-electron chi connectivity index (χ3n) is 4.04. The average molecular weight is 291 g/mol. The maximum absolute atomic E-state index is 11.9. The second-order valence-electron chi connectivity index (χ2n) is 6.16. The third kappa shape index (κ3) is 3.00. The summed E-state index contributed by atoms with van der Waals surface area (Å²) >= 11 is 0. The van der Waals surface area contributed by atoms with Crippen LogP contribution in [0.4, 0.5) is 0 Å². The van der Waals surface area contributed by atoms with Crippen LogP contribution in [0.3, 0.4) is 0 Å². The Balaban J connectivity index is 1.56. The largest absolute Gasteiger partial charge is 0.473 e. The van der Waals surface area contributed by atoms with Crippen LogP contribution in [0.5, 0.6) is 5.88 Å². The van der Waals surface area contributed by atoms with Crippen LogP contribution in [-0.4, -0.2) is 52.2 Å². The maximum atomic E-state index is 11.9. The number of ether oxygens (including phenoxy) is 2. The van der Waals surface area contributed by atoms with Crippen molar-refractivity contribution in [3.8, 4) is 5.88 Å². The lowest BCUT2D eigenvalue weighted by Crippen LogP contribution is -2.68. The van der Waals surface area contributed by atoms with Gasteiger partial charge in [-0.15, -0.1) is 0 Å². The number of carbonyl (C=O) groups excluding carboxylic acids is 1. The first-order chi connectivity index (χ1) is 10.1. The Bertz CT molecular complexity index is 500. The van der Waals surface area contributed by atoms with Crippen molar-refractivity contribution in [2.75, 3.05) is 19.7 Å². The molecule has 3 rings (SSSR count). The fourth-order valence-electron chi connectivity index (χ4n) is 2.99. The summed E-state index contributed by atoms with van der Waals surface area (Å²) in [5, 5.41) is 0. The molecule has 1 aromatic heterocycles. The molecule has 2 fully saturated rings. The van der Waals surface area contributed by atoms with Gasteiger partial charge < -0.3 is 14.4 Å². The van der Waals surface area contributed by atoms with Gasteiger partial charge >= 0.3 is 0 Å². The first-order valence-corrected chi connectivity index (χ1v) is 7.43. The lowest BCUT2D eigenvalue weighted by Gasteiger charge is -2.53. The van der Waals surface area contributed by atoms with E-state index in [1.54, 1.807) is 18.6 Å². The predicted molar refractivity (Wildman–Crippen MR) is 75.8 cm³/mol. The monoisotopic (exact) mass is 291 g/mol. The number of hydrogen-bond donors (Lipinski definition) is 0. The Hall–Kier alpha value is -1.69. The van der Waals surface area contributed by atoms with E-state index < -0.39 is 0 Å². The highest BCUT2D eigenvalue weighted by Gasteiger charge is 2.50. The van der Waals surface area contributed by atoms with Crippen LogP contribution in [0, 0.1) is 5.92 Å². The molecule has 21 heavy (non-hydrogen) atoms. The first kappa shape index (κ1) is 14.3. The van der Waals surface area contributed by atoms with Gasteiger partial charge in [-0.1, -0.05) is 13.8 Å². The first-order valence-electron chi connectivity index (χ1n) is 7.43. The maximum Gasteiger partial charge on any atom is 0.232 e. The minimum atomic E-state index is -0.227. The zero-order valence-electron chi connectivity index (χ0n) is 12.5. The molecule has 0 N–H and O–H groups in total. The molecule has 2 aliphatic heterocycles. The zero-order chi connectivity index (χ0) is 14.9. The van der Waals surface area contributed by atoms with Gasteiger partial charge in [-0.05, 0) is 0 Å². The number of rotatable bonds is 3. The molecule has 2 saturated heterocycles.